The van der Waals surface area contributed by atoms with E-state index in [2.05, 4.69) is 10.2 Å². The van der Waals surface area contributed by atoms with Crippen LogP contribution in [0.25, 0.3) is 17.1 Å². The molecule has 8 nitrogen and oxygen atoms in total. The molecule has 2 heterocycles. The normalized spacial score (nSPS) is 10.4. The maximum absolute atomic E-state index is 12.0. The van der Waals surface area contributed by atoms with E-state index < -0.39 is 5.97 Å². The Morgan fingerprint density at radius 3 is 2.58 bits per heavy atom. The highest BCUT2D eigenvalue weighted by Gasteiger charge is 2.21. The number of hydrogen-bond donors (Lipinski definition) is 1. The molecule has 0 bridgehead atoms. The molecule has 3 aromatic rings. The summed E-state index contributed by atoms with van der Waals surface area (Å²) in [6.45, 7) is 0. The Morgan fingerprint density at radius 2 is 2.04 bits per heavy atom. The zero-order valence-corrected chi connectivity index (χ0v) is 13.1. The van der Waals surface area contributed by atoms with Gasteiger partial charge in [-0.2, -0.15) is 5.26 Å². The summed E-state index contributed by atoms with van der Waals surface area (Å²) in [5, 5.41) is 17.0. The van der Waals surface area contributed by atoms with Crippen LogP contribution < -0.4 is 5.73 Å². The van der Waals surface area contributed by atoms with Crippen LogP contribution in [0.3, 0.4) is 0 Å². The SMILES string of the molecule is COC(=O)c1c(N)c(C#N)cn1-c1ccc(-c2nncn2C)cc1. The summed E-state index contributed by atoms with van der Waals surface area (Å²) in [6, 6.07) is 9.28. The second-order valence-electron chi connectivity index (χ2n) is 5.09. The Bertz CT molecular complexity index is 946. The van der Waals surface area contributed by atoms with E-state index in [0.717, 1.165) is 11.4 Å². The number of methoxy groups -OCH3 is 1. The van der Waals surface area contributed by atoms with Gasteiger partial charge in [0.2, 0.25) is 0 Å². The molecule has 0 amide bonds. The van der Waals surface area contributed by atoms with Gasteiger partial charge >= 0.3 is 5.97 Å². The van der Waals surface area contributed by atoms with Crippen molar-refractivity contribution in [2.24, 2.45) is 7.05 Å². The van der Waals surface area contributed by atoms with Crippen LogP contribution in [-0.2, 0) is 11.8 Å². The van der Waals surface area contributed by atoms with Gasteiger partial charge in [0.25, 0.3) is 0 Å². The number of nitrogen functional groups attached to an aromatic ring is 1. The van der Waals surface area contributed by atoms with E-state index in [1.807, 2.05) is 25.2 Å². The van der Waals surface area contributed by atoms with Gasteiger partial charge in [0, 0.05) is 24.5 Å². The summed E-state index contributed by atoms with van der Waals surface area (Å²) in [5.41, 5.74) is 7.88. The topological polar surface area (TPSA) is 112 Å². The highest BCUT2D eigenvalue weighted by molar-refractivity contribution is 5.96. The average Bonchev–Trinajstić information content (AvgIpc) is 3.17. The minimum atomic E-state index is -0.605. The van der Waals surface area contributed by atoms with Gasteiger partial charge in [-0.05, 0) is 24.3 Å². The molecular formula is C16H14N6O2. The predicted octanol–water partition coefficient (Wildman–Crippen LogP) is 1.51. The summed E-state index contributed by atoms with van der Waals surface area (Å²) in [4.78, 5) is 12.0. The number of carbonyl (C=O) groups is 1. The molecule has 2 aromatic heterocycles. The first-order valence-corrected chi connectivity index (χ1v) is 7.01. The van der Waals surface area contributed by atoms with E-state index >= 15 is 0 Å². The number of nitrogens with zero attached hydrogens (tertiary/aromatic N) is 5. The number of hydrogen-bond acceptors (Lipinski definition) is 6. The summed E-state index contributed by atoms with van der Waals surface area (Å²) >= 11 is 0. The van der Waals surface area contributed by atoms with Crippen molar-refractivity contribution in [3.05, 3.63) is 48.0 Å². The molecule has 2 N–H and O–H groups in total. The number of aryl methyl sites for hydroxylation is 1. The third kappa shape index (κ3) is 2.38. The molecule has 120 valence electrons. The minimum absolute atomic E-state index is 0.0988. The third-order valence-electron chi connectivity index (χ3n) is 3.66. The fourth-order valence-electron chi connectivity index (χ4n) is 2.43. The predicted molar refractivity (Wildman–Crippen MR) is 86.2 cm³/mol. The monoisotopic (exact) mass is 322 g/mol. The van der Waals surface area contributed by atoms with Gasteiger partial charge in [0.15, 0.2) is 11.5 Å². The van der Waals surface area contributed by atoms with E-state index in [4.69, 9.17) is 15.7 Å². The molecule has 0 saturated heterocycles. The van der Waals surface area contributed by atoms with Crippen molar-refractivity contribution in [1.29, 1.82) is 5.26 Å². The number of esters is 1. The quantitative estimate of drug-likeness (QED) is 0.732. The van der Waals surface area contributed by atoms with Crippen LogP contribution in [0, 0.1) is 11.3 Å². The summed E-state index contributed by atoms with van der Waals surface area (Å²) < 4.78 is 8.11. The number of anilines is 1. The van der Waals surface area contributed by atoms with Crippen LogP contribution in [0.1, 0.15) is 16.1 Å². The second kappa shape index (κ2) is 5.89. The van der Waals surface area contributed by atoms with Gasteiger partial charge in [-0.1, -0.05) is 0 Å². The van der Waals surface area contributed by atoms with Crippen molar-refractivity contribution < 1.29 is 9.53 Å². The fraction of sp³-hybridized carbons (Fsp3) is 0.125. The fourth-order valence-corrected chi connectivity index (χ4v) is 2.43. The number of aromatic nitrogens is 4. The first kappa shape index (κ1) is 15.3. The van der Waals surface area contributed by atoms with Crippen molar-refractivity contribution in [3.8, 4) is 23.1 Å². The van der Waals surface area contributed by atoms with E-state index in [-0.39, 0.29) is 16.9 Å². The van der Waals surface area contributed by atoms with E-state index in [9.17, 15) is 4.79 Å². The largest absolute Gasteiger partial charge is 0.464 e. The summed E-state index contributed by atoms with van der Waals surface area (Å²) in [7, 11) is 3.12. The molecule has 24 heavy (non-hydrogen) atoms. The molecule has 0 aliphatic carbocycles. The maximum Gasteiger partial charge on any atom is 0.357 e. The van der Waals surface area contributed by atoms with Crippen LogP contribution in [-0.4, -0.2) is 32.4 Å². The molecule has 0 aliphatic heterocycles. The van der Waals surface area contributed by atoms with E-state index in [1.165, 1.54) is 13.3 Å². The second-order valence-corrected chi connectivity index (χ2v) is 5.09. The molecule has 3 rings (SSSR count). The lowest BCUT2D eigenvalue weighted by atomic mass is 10.2. The van der Waals surface area contributed by atoms with Gasteiger partial charge in [-0.3, -0.25) is 0 Å². The average molecular weight is 322 g/mol. The van der Waals surface area contributed by atoms with Gasteiger partial charge in [0.1, 0.15) is 12.4 Å². The van der Waals surface area contributed by atoms with Gasteiger partial charge in [0.05, 0.1) is 18.4 Å². The third-order valence-corrected chi connectivity index (χ3v) is 3.66. The lowest BCUT2D eigenvalue weighted by Gasteiger charge is -2.09. The Labute approximate surface area is 137 Å². The number of benzene rings is 1. The summed E-state index contributed by atoms with van der Waals surface area (Å²) in [6.07, 6.45) is 3.13. The van der Waals surface area contributed by atoms with Crippen LogP contribution in [0.2, 0.25) is 0 Å². The molecule has 0 saturated carbocycles. The molecule has 0 aliphatic rings. The zero-order valence-electron chi connectivity index (χ0n) is 13.1. The van der Waals surface area contributed by atoms with Crippen LogP contribution in [0.4, 0.5) is 5.69 Å². The molecule has 0 spiro atoms. The first-order valence-electron chi connectivity index (χ1n) is 7.01. The molecule has 1 aromatic carbocycles. The lowest BCUT2D eigenvalue weighted by Crippen LogP contribution is -2.11. The van der Waals surface area contributed by atoms with Crippen molar-refractivity contribution in [1.82, 2.24) is 19.3 Å². The van der Waals surface area contributed by atoms with E-state index in [1.54, 1.807) is 27.6 Å². The number of carbonyl (C=O) groups excluding carboxylic acids is 1. The molecule has 0 unspecified atom stereocenters. The number of ether oxygens (including phenoxy) is 1. The van der Waals surface area contributed by atoms with Crippen molar-refractivity contribution in [3.63, 3.8) is 0 Å². The van der Waals surface area contributed by atoms with E-state index in [0.29, 0.717) is 5.69 Å². The minimum Gasteiger partial charge on any atom is -0.464 e. The zero-order chi connectivity index (χ0) is 17.3. The molecule has 0 radical (unpaired) electrons. The lowest BCUT2D eigenvalue weighted by molar-refractivity contribution is 0.0593. The van der Waals surface area contributed by atoms with Crippen LogP contribution in [0.15, 0.2) is 36.8 Å². The van der Waals surface area contributed by atoms with Crippen molar-refractivity contribution in [2.75, 3.05) is 12.8 Å². The molecule has 0 atom stereocenters. The Balaban J connectivity index is 2.08. The first-order chi connectivity index (χ1) is 11.6. The van der Waals surface area contributed by atoms with Crippen LogP contribution >= 0.6 is 0 Å². The maximum atomic E-state index is 12.0. The highest BCUT2D eigenvalue weighted by Crippen LogP contribution is 2.26. The molecular weight excluding hydrogens is 308 g/mol. The number of rotatable bonds is 3. The van der Waals surface area contributed by atoms with Crippen molar-refractivity contribution >= 4 is 11.7 Å². The Hall–Kier alpha value is -3.60. The highest BCUT2D eigenvalue weighted by atomic mass is 16.5. The van der Waals surface area contributed by atoms with Crippen LogP contribution in [0.5, 0.6) is 0 Å². The smallest absolute Gasteiger partial charge is 0.357 e. The number of nitrogens with two attached hydrogens (primary N) is 1. The number of nitriles is 1. The molecule has 0 fully saturated rings. The molecule has 8 heteroatoms. The van der Waals surface area contributed by atoms with Gasteiger partial charge in [-0.15, -0.1) is 10.2 Å². The summed E-state index contributed by atoms with van der Waals surface area (Å²) in [5.74, 6) is 0.117. The van der Waals surface area contributed by atoms with Gasteiger partial charge in [-0.25, -0.2) is 4.79 Å². The Morgan fingerprint density at radius 1 is 1.33 bits per heavy atom. The standard InChI is InChI=1S/C16H14N6O2/c1-21-9-19-20-15(21)10-3-5-12(6-4-10)22-8-11(7-17)13(18)14(22)16(23)24-2/h3-6,8-9H,18H2,1-2H3. The van der Waals surface area contributed by atoms with Gasteiger partial charge < -0.3 is 19.6 Å². The Kier molecular flexibility index (Phi) is 3.75. The van der Waals surface area contributed by atoms with Crippen molar-refractivity contribution in [2.45, 2.75) is 0 Å².